The summed E-state index contributed by atoms with van der Waals surface area (Å²) in [5.74, 6) is -5.22. The summed E-state index contributed by atoms with van der Waals surface area (Å²) in [6.07, 6.45) is 1.43. The molecule has 1 aromatic carbocycles. The first-order chi connectivity index (χ1) is 19.2. The number of rotatable bonds is 13. The zero-order valence-electron chi connectivity index (χ0n) is 23.6. The molecule has 41 heavy (non-hydrogen) atoms. The van der Waals surface area contributed by atoms with E-state index >= 15 is 0 Å². The van der Waals surface area contributed by atoms with Crippen LogP contribution in [0.3, 0.4) is 0 Å². The number of halogens is 1. The van der Waals surface area contributed by atoms with Crippen molar-refractivity contribution in [2.75, 3.05) is 27.2 Å². The second kappa shape index (κ2) is 15.0. The van der Waals surface area contributed by atoms with Gasteiger partial charge in [0.1, 0.15) is 5.82 Å². The molecule has 3 aromatic rings. The molecule has 3 rings (SSSR count). The highest BCUT2D eigenvalue weighted by molar-refractivity contribution is 5.88. The summed E-state index contributed by atoms with van der Waals surface area (Å²) in [5, 5.41) is 33.8. The average Bonchev–Trinajstić information content (AvgIpc) is 3.15. The van der Waals surface area contributed by atoms with Crippen LogP contribution in [0.4, 0.5) is 4.39 Å². The third-order valence-corrected chi connectivity index (χ3v) is 6.30. The van der Waals surface area contributed by atoms with E-state index in [1.165, 1.54) is 17.2 Å². The Morgan fingerprint density at radius 1 is 0.951 bits per heavy atom. The molecule has 0 saturated carbocycles. The van der Waals surface area contributed by atoms with E-state index in [-0.39, 0.29) is 5.82 Å². The van der Waals surface area contributed by atoms with Crippen molar-refractivity contribution < 1.29 is 39.2 Å². The SMILES string of the molecule is Cc1cc(CN(CCN(C)C)Cc2cccnc2)c(C)n1-c1ccccc1F.O=C(O)CC(O)(CC(=O)O)C(=O)O. The van der Waals surface area contributed by atoms with Crippen LogP contribution in [-0.4, -0.2) is 90.5 Å². The van der Waals surface area contributed by atoms with Gasteiger partial charge in [0, 0.05) is 50.0 Å². The molecule has 0 saturated heterocycles. The number of carboxylic acids is 3. The van der Waals surface area contributed by atoms with Gasteiger partial charge in [-0.25, -0.2) is 9.18 Å². The number of pyridine rings is 1. The van der Waals surface area contributed by atoms with Gasteiger partial charge in [0.15, 0.2) is 5.60 Å². The largest absolute Gasteiger partial charge is 0.481 e. The van der Waals surface area contributed by atoms with Crippen LogP contribution in [0.2, 0.25) is 0 Å². The molecule has 222 valence electrons. The molecule has 0 atom stereocenters. The van der Waals surface area contributed by atoms with Gasteiger partial charge >= 0.3 is 17.9 Å². The lowest BCUT2D eigenvalue weighted by atomic mass is 9.96. The summed E-state index contributed by atoms with van der Waals surface area (Å²) < 4.78 is 16.4. The maximum absolute atomic E-state index is 14.4. The third kappa shape index (κ3) is 10.1. The number of hydrogen-bond donors (Lipinski definition) is 4. The molecule has 0 aliphatic rings. The monoisotopic (exact) mass is 572 g/mol. The molecule has 0 aliphatic carbocycles. The fraction of sp³-hybridized carbons (Fsp3) is 0.379. The van der Waals surface area contributed by atoms with E-state index in [1.54, 1.807) is 12.3 Å². The van der Waals surface area contributed by atoms with Crippen molar-refractivity contribution in [2.45, 2.75) is 45.4 Å². The molecule has 0 unspecified atom stereocenters. The Hall–Kier alpha value is -4.13. The van der Waals surface area contributed by atoms with Crippen LogP contribution in [0, 0.1) is 19.7 Å². The number of aliphatic hydroxyl groups is 1. The van der Waals surface area contributed by atoms with Crippen LogP contribution in [0.1, 0.15) is 35.4 Å². The van der Waals surface area contributed by atoms with Gasteiger partial charge in [0.2, 0.25) is 0 Å². The maximum Gasteiger partial charge on any atom is 0.336 e. The zero-order chi connectivity index (χ0) is 30.7. The number of aliphatic carboxylic acids is 3. The first-order valence-electron chi connectivity index (χ1n) is 12.8. The van der Waals surface area contributed by atoms with Crippen molar-refractivity contribution in [3.05, 3.63) is 83.2 Å². The molecular formula is C29H37FN4O7. The molecule has 0 spiro atoms. The molecule has 0 aliphatic heterocycles. The number of para-hydroxylation sites is 1. The molecule has 11 nitrogen and oxygen atoms in total. The second-order valence-electron chi connectivity index (χ2n) is 10.0. The van der Waals surface area contributed by atoms with Crippen LogP contribution in [0.25, 0.3) is 5.69 Å². The van der Waals surface area contributed by atoms with Gasteiger partial charge in [-0.3, -0.25) is 19.5 Å². The van der Waals surface area contributed by atoms with Gasteiger partial charge < -0.3 is 29.9 Å². The first kappa shape index (κ1) is 33.1. The van der Waals surface area contributed by atoms with Crippen molar-refractivity contribution >= 4 is 17.9 Å². The summed E-state index contributed by atoms with van der Waals surface area (Å²) in [4.78, 5) is 39.3. The Morgan fingerprint density at radius 3 is 2.10 bits per heavy atom. The quantitative estimate of drug-likeness (QED) is 0.240. The van der Waals surface area contributed by atoms with Crippen LogP contribution < -0.4 is 0 Å². The lowest BCUT2D eigenvalue weighted by molar-refractivity contribution is -0.170. The minimum absolute atomic E-state index is 0.198. The topological polar surface area (TPSA) is 156 Å². The smallest absolute Gasteiger partial charge is 0.336 e. The number of carboxylic acid groups (broad SMARTS) is 3. The number of carbonyl (C=O) groups is 3. The Labute approximate surface area is 238 Å². The Balaban J connectivity index is 0.000000383. The molecule has 0 bridgehead atoms. The second-order valence-corrected chi connectivity index (χ2v) is 10.0. The number of aromatic nitrogens is 2. The molecule has 0 amide bonds. The molecule has 2 heterocycles. The van der Waals surface area contributed by atoms with Crippen LogP contribution in [0.15, 0.2) is 54.9 Å². The van der Waals surface area contributed by atoms with E-state index in [0.717, 1.165) is 37.6 Å². The van der Waals surface area contributed by atoms with E-state index < -0.39 is 36.4 Å². The highest BCUT2D eigenvalue weighted by Gasteiger charge is 2.40. The van der Waals surface area contributed by atoms with Crippen molar-refractivity contribution in [3.8, 4) is 5.69 Å². The Bertz CT molecular complexity index is 1310. The van der Waals surface area contributed by atoms with Crippen molar-refractivity contribution in [1.82, 2.24) is 19.4 Å². The van der Waals surface area contributed by atoms with E-state index in [2.05, 4.69) is 47.9 Å². The summed E-state index contributed by atoms with van der Waals surface area (Å²) >= 11 is 0. The van der Waals surface area contributed by atoms with Crippen molar-refractivity contribution in [1.29, 1.82) is 0 Å². The number of likely N-dealkylation sites (N-methyl/N-ethyl adjacent to an activating group) is 1. The molecule has 0 fully saturated rings. The fourth-order valence-corrected chi connectivity index (χ4v) is 4.25. The normalized spacial score (nSPS) is 11.3. The number of nitrogens with zero attached hydrogens (tertiary/aromatic N) is 4. The Kier molecular flexibility index (Phi) is 12.1. The summed E-state index contributed by atoms with van der Waals surface area (Å²) in [7, 11) is 4.18. The summed E-state index contributed by atoms with van der Waals surface area (Å²) in [6, 6.07) is 13.2. The fourth-order valence-electron chi connectivity index (χ4n) is 4.25. The van der Waals surface area contributed by atoms with Gasteiger partial charge in [-0.15, -0.1) is 0 Å². The number of hydrogen-bond acceptors (Lipinski definition) is 7. The standard InChI is InChI=1S/C23H29FN4.C6H8O7/c1-18-14-21(19(2)28(18)23-10-6-5-9-22(23)24)17-27(13-12-26(3)4)16-20-8-7-11-25-15-20;7-3(8)1-6(13,5(11)12)2-4(9)10/h5-11,14-15H,12-13,16-17H2,1-4H3;13H,1-2H2,(H,7,8)(H,9,10)(H,11,12). The predicted molar refractivity (Wildman–Crippen MR) is 149 cm³/mol. The maximum atomic E-state index is 14.4. The minimum Gasteiger partial charge on any atom is -0.481 e. The first-order valence-corrected chi connectivity index (χ1v) is 12.8. The van der Waals surface area contributed by atoms with E-state index in [0.29, 0.717) is 5.69 Å². The number of benzene rings is 1. The van der Waals surface area contributed by atoms with Crippen molar-refractivity contribution in [2.24, 2.45) is 0 Å². The van der Waals surface area contributed by atoms with Crippen LogP contribution >= 0.6 is 0 Å². The molecular weight excluding hydrogens is 535 g/mol. The lowest BCUT2D eigenvalue weighted by Crippen LogP contribution is -2.42. The van der Waals surface area contributed by atoms with E-state index in [9.17, 15) is 18.8 Å². The van der Waals surface area contributed by atoms with Gasteiger partial charge in [-0.1, -0.05) is 18.2 Å². The Morgan fingerprint density at radius 2 is 1.59 bits per heavy atom. The molecule has 2 aromatic heterocycles. The summed E-state index contributed by atoms with van der Waals surface area (Å²) in [5.41, 5.74) is 2.43. The highest BCUT2D eigenvalue weighted by Crippen LogP contribution is 2.24. The van der Waals surface area contributed by atoms with E-state index in [4.69, 9.17) is 20.4 Å². The average molecular weight is 573 g/mol. The van der Waals surface area contributed by atoms with Gasteiger partial charge in [-0.05, 0) is 63.3 Å². The number of aryl methyl sites for hydroxylation is 1. The third-order valence-electron chi connectivity index (χ3n) is 6.30. The van der Waals surface area contributed by atoms with Crippen molar-refractivity contribution in [3.63, 3.8) is 0 Å². The zero-order valence-corrected chi connectivity index (χ0v) is 23.6. The summed E-state index contributed by atoms with van der Waals surface area (Å²) in [6.45, 7) is 7.69. The lowest BCUT2D eigenvalue weighted by Gasteiger charge is -2.24. The molecule has 0 radical (unpaired) electrons. The molecule has 4 N–H and O–H groups in total. The van der Waals surface area contributed by atoms with E-state index in [1.807, 2.05) is 35.9 Å². The van der Waals surface area contributed by atoms with Gasteiger partial charge in [0.05, 0.1) is 18.5 Å². The van der Waals surface area contributed by atoms with Crippen LogP contribution in [-0.2, 0) is 27.5 Å². The van der Waals surface area contributed by atoms with Gasteiger partial charge in [0.25, 0.3) is 0 Å². The van der Waals surface area contributed by atoms with Gasteiger partial charge in [-0.2, -0.15) is 0 Å². The minimum atomic E-state index is -2.74. The molecule has 12 heteroatoms. The highest BCUT2D eigenvalue weighted by atomic mass is 19.1. The van der Waals surface area contributed by atoms with Crippen LogP contribution in [0.5, 0.6) is 0 Å². The predicted octanol–water partition coefficient (Wildman–Crippen LogP) is 2.94.